The van der Waals surface area contributed by atoms with Crippen LogP contribution in [0.4, 0.5) is 0 Å². The van der Waals surface area contributed by atoms with Gasteiger partial charge in [0.1, 0.15) is 5.56 Å². The highest BCUT2D eigenvalue weighted by Gasteiger charge is 2.15. The molecule has 0 bridgehead atoms. The minimum absolute atomic E-state index is 0.0320. The fourth-order valence-corrected chi connectivity index (χ4v) is 1.65. The number of hydrogen-bond acceptors (Lipinski definition) is 4. The largest absolute Gasteiger partial charge is 0.374 e. The molecule has 2 rings (SSSR count). The minimum Gasteiger partial charge on any atom is -0.374 e. The van der Waals surface area contributed by atoms with Crippen LogP contribution in [0.2, 0.25) is 0 Å². The van der Waals surface area contributed by atoms with Crippen molar-refractivity contribution in [2.24, 2.45) is 0 Å². The number of aromatic nitrogens is 1. The van der Waals surface area contributed by atoms with Gasteiger partial charge in [-0.15, -0.1) is 0 Å². The number of H-pyrrole nitrogens is 1. The summed E-state index contributed by atoms with van der Waals surface area (Å²) in [5.74, 6) is -0.374. The quantitative estimate of drug-likeness (QED) is 0.636. The van der Waals surface area contributed by atoms with Gasteiger partial charge < -0.3 is 20.4 Å². The van der Waals surface area contributed by atoms with E-state index >= 15 is 0 Å². The second-order valence-corrected chi connectivity index (χ2v) is 3.83. The van der Waals surface area contributed by atoms with Crippen molar-refractivity contribution in [2.45, 2.75) is 6.10 Å². The molecule has 1 aliphatic heterocycles. The normalized spacial score (nSPS) is 19.9. The molecule has 17 heavy (non-hydrogen) atoms. The van der Waals surface area contributed by atoms with Gasteiger partial charge in [0.05, 0.1) is 12.7 Å². The van der Waals surface area contributed by atoms with Gasteiger partial charge in [0.2, 0.25) is 0 Å². The number of pyridine rings is 1. The predicted octanol–water partition coefficient (Wildman–Crippen LogP) is -0.907. The fourth-order valence-electron chi connectivity index (χ4n) is 1.65. The monoisotopic (exact) mass is 237 g/mol. The summed E-state index contributed by atoms with van der Waals surface area (Å²) < 4.78 is 5.43. The van der Waals surface area contributed by atoms with E-state index in [9.17, 15) is 9.59 Å². The van der Waals surface area contributed by atoms with Gasteiger partial charge in [-0.25, -0.2) is 0 Å². The Kier molecular flexibility index (Phi) is 3.89. The number of rotatable bonds is 3. The number of amides is 1. The maximum atomic E-state index is 11.7. The van der Waals surface area contributed by atoms with Gasteiger partial charge in [0.15, 0.2) is 5.43 Å². The van der Waals surface area contributed by atoms with E-state index in [1.807, 2.05) is 0 Å². The highest BCUT2D eigenvalue weighted by molar-refractivity contribution is 5.93. The maximum Gasteiger partial charge on any atom is 0.256 e. The predicted molar refractivity (Wildman–Crippen MR) is 62.0 cm³/mol. The van der Waals surface area contributed by atoms with E-state index in [-0.39, 0.29) is 23.0 Å². The zero-order chi connectivity index (χ0) is 12.1. The van der Waals surface area contributed by atoms with E-state index in [4.69, 9.17) is 4.74 Å². The number of aromatic amines is 1. The third-order valence-corrected chi connectivity index (χ3v) is 2.56. The van der Waals surface area contributed by atoms with Gasteiger partial charge in [-0.2, -0.15) is 0 Å². The van der Waals surface area contributed by atoms with Crippen LogP contribution in [-0.2, 0) is 4.74 Å². The maximum absolute atomic E-state index is 11.7. The van der Waals surface area contributed by atoms with Gasteiger partial charge in [-0.1, -0.05) is 0 Å². The number of carbonyl (C=O) groups is 1. The van der Waals surface area contributed by atoms with Crippen molar-refractivity contribution in [3.63, 3.8) is 0 Å². The van der Waals surface area contributed by atoms with Crippen molar-refractivity contribution in [1.82, 2.24) is 15.6 Å². The standard InChI is InChI=1S/C11H15N3O3/c15-10-1-2-12-7-9(10)11(16)14-6-8-5-13-3-4-17-8/h1-2,7-8,13H,3-6H2,(H,12,15)(H,14,16). The number of ether oxygens (including phenoxy) is 1. The molecule has 1 fully saturated rings. The molecular weight excluding hydrogens is 222 g/mol. The smallest absolute Gasteiger partial charge is 0.256 e. The molecule has 0 aromatic carbocycles. The highest BCUT2D eigenvalue weighted by Crippen LogP contribution is 1.95. The molecular formula is C11H15N3O3. The third-order valence-electron chi connectivity index (χ3n) is 2.56. The summed E-state index contributed by atoms with van der Waals surface area (Å²) in [5.41, 5.74) is -0.166. The number of carbonyl (C=O) groups excluding carboxylic acids is 1. The van der Waals surface area contributed by atoms with Crippen molar-refractivity contribution >= 4 is 5.91 Å². The third kappa shape index (κ3) is 3.15. The molecule has 6 heteroatoms. The van der Waals surface area contributed by atoms with Gasteiger partial charge in [-0.05, 0) is 0 Å². The molecule has 6 nitrogen and oxygen atoms in total. The second-order valence-electron chi connectivity index (χ2n) is 3.83. The van der Waals surface area contributed by atoms with E-state index in [1.54, 1.807) is 0 Å². The van der Waals surface area contributed by atoms with Gasteiger partial charge >= 0.3 is 0 Å². The molecule has 3 N–H and O–H groups in total. The molecule has 1 saturated heterocycles. The first kappa shape index (κ1) is 11.8. The molecule has 1 aromatic heterocycles. The summed E-state index contributed by atoms with van der Waals surface area (Å²) in [6.07, 6.45) is 2.86. The van der Waals surface area contributed by atoms with Crippen LogP contribution in [-0.4, -0.2) is 43.2 Å². The Bertz CT molecular complexity index is 438. The van der Waals surface area contributed by atoms with Gasteiger partial charge in [0.25, 0.3) is 5.91 Å². The number of hydrogen-bond donors (Lipinski definition) is 3. The molecule has 0 radical (unpaired) electrons. The summed E-state index contributed by atoms with van der Waals surface area (Å²) >= 11 is 0. The lowest BCUT2D eigenvalue weighted by Crippen LogP contribution is -2.45. The van der Waals surface area contributed by atoms with Crippen molar-refractivity contribution in [3.05, 3.63) is 34.2 Å². The molecule has 0 saturated carbocycles. The molecule has 1 aromatic rings. The van der Waals surface area contributed by atoms with E-state index in [2.05, 4.69) is 15.6 Å². The topological polar surface area (TPSA) is 83.2 Å². The number of morpholine rings is 1. The molecule has 0 aliphatic carbocycles. The number of nitrogens with one attached hydrogen (secondary N) is 3. The van der Waals surface area contributed by atoms with Crippen molar-refractivity contribution in [2.75, 3.05) is 26.2 Å². The summed E-state index contributed by atoms with van der Waals surface area (Å²) in [6.45, 7) is 2.60. The minimum atomic E-state index is -0.374. The first-order valence-electron chi connectivity index (χ1n) is 5.55. The van der Waals surface area contributed by atoms with E-state index in [0.717, 1.165) is 6.54 Å². The lowest BCUT2D eigenvalue weighted by molar-refractivity contribution is 0.0287. The summed E-state index contributed by atoms with van der Waals surface area (Å²) in [5, 5.41) is 5.85. The fraction of sp³-hybridized carbons (Fsp3) is 0.455. The molecule has 1 amide bonds. The summed E-state index contributed by atoms with van der Waals surface area (Å²) in [7, 11) is 0. The Hall–Kier alpha value is -1.66. The van der Waals surface area contributed by atoms with Crippen LogP contribution in [0.5, 0.6) is 0 Å². The van der Waals surface area contributed by atoms with E-state index in [0.29, 0.717) is 19.7 Å². The molecule has 92 valence electrons. The Morgan fingerprint density at radius 3 is 3.18 bits per heavy atom. The summed E-state index contributed by atoms with van der Waals surface area (Å²) in [6, 6.07) is 1.33. The Labute approximate surface area is 98.4 Å². The van der Waals surface area contributed by atoms with E-state index < -0.39 is 0 Å². The zero-order valence-electron chi connectivity index (χ0n) is 9.36. The molecule has 1 unspecified atom stereocenters. The van der Waals surface area contributed by atoms with Crippen LogP contribution in [0.3, 0.4) is 0 Å². The Morgan fingerprint density at radius 2 is 2.47 bits per heavy atom. The van der Waals surface area contributed by atoms with Crippen molar-refractivity contribution in [3.8, 4) is 0 Å². The van der Waals surface area contributed by atoms with Crippen LogP contribution in [0.25, 0.3) is 0 Å². The van der Waals surface area contributed by atoms with Crippen molar-refractivity contribution < 1.29 is 9.53 Å². The second kappa shape index (κ2) is 5.60. The van der Waals surface area contributed by atoms with E-state index in [1.165, 1.54) is 18.5 Å². The lowest BCUT2D eigenvalue weighted by Gasteiger charge is -2.23. The SMILES string of the molecule is O=C(NCC1CNCCO1)c1c[nH]ccc1=O. The average molecular weight is 237 g/mol. The van der Waals surface area contributed by atoms with Crippen LogP contribution in [0.15, 0.2) is 23.3 Å². The lowest BCUT2D eigenvalue weighted by atomic mass is 10.2. The Morgan fingerprint density at radius 1 is 1.59 bits per heavy atom. The first-order valence-corrected chi connectivity index (χ1v) is 5.55. The van der Waals surface area contributed by atoms with Crippen LogP contribution in [0, 0.1) is 0 Å². The molecule has 2 heterocycles. The summed E-state index contributed by atoms with van der Waals surface area (Å²) in [4.78, 5) is 25.8. The van der Waals surface area contributed by atoms with Gasteiger partial charge in [0, 0.05) is 38.1 Å². The molecule has 1 atom stereocenters. The zero-order valence-corrected chi connectivity index (χ0v) is 9.36. The van der Waals surface area contributed by atoms with Crippen molar-refractivity contribution in [1.29, 1.82) is 0 Å². The molecule has 0 spiro atoms. The van der Waals surface area contributed by atoms with Crippen LogP contribution in [0.1, 0.15) is 10.4 Å². The average Bonchev–Trinajstić information content (AvgIpc) is 2.38. The van der Waals surface area contributed by atoms with Crippen LogP contribution >= 0.6 is 0 Å². The van der Waals surface area contributed by atoms with Crippen LogP contribution < -0.4 is 16.1 Å². The molecule has 1 aliphatic rings. The van der Waals surface area contributed by atoms with Gasteiger partial charge in [-0.3, -0.25) is 9.59 Å². The highest BCUT2D eigenvalue weighted by atomic mass is 16.5. The first-order chi connectivity index (χ1) is 8.27. The Balaban J connectivity index is 1.89.